The standard InChI is InChI=1S/C10H11N5O2/c16-15(17)8-7-11-14-6-3-9(12-10(8)14)13-4-1-2-5-13/h3,6-7H,1-2,4-5H2. The number of aromatic nitrogens is 3. The molecule has 1 saturated heterocycles. The van der Waals surface area contributed by atoms with Gasteiger partial charge in [0.2, 0.25) is 5.65 Å². The number of anilines is 1. The Bertz CT molecular complexity index is 573. The molecule has 1 aliphatic heterocycles. The number of hydrogen-bond acceptors (Lipinski definition) is 5. The van der Waals surface area contributed by atoms with E-state index in [1.807, 2.05) is 6.07 Å². The molecular weight excluding hydrogens is 222 g/mol. The first-order valence-electron chi connectivity index (χ1n) is 5.49. The van der Waals surface area contributed by atoms with Crippen molar-refractivity contribution >= 4 is 17.2 Å². The Kier molecular flexibility index (Phi) is 2.17. The Labute approximate surface area is 96.8 Å². The van der Waals surface area contributed by atoms with Crippen molar-refractivity contribution in [1.29, 1.82) is 0 Å². The van der Waals surface area contributed by atoms with Gasteiger partial charge in [-0.2, -0.15) is 5.10 Å². The van der Waals surface area contributed by atoms with Crippen LogP contribution < -0.4 is 4.90 Å². The van der Waals surface area contributed by atoms with Crippen LogP contribution in [0.25, 0.3) is 5.65 Å². The average molecular weight is 233 g/mol. The van der Waals surface area contributed by atoms with Crippen molar-refractivity contribution in [3.63, 3.8) is 0 Å². The summed E-state index contributed by atoms with van der Waals surface area (Å²) >= 11 is 0. The topological polar surface area (TPSA) is 76.6 Å². The molecule has 0 unspecified atom stereocenters. The lowest BCUT2D eigenvalue weighted by atomic mass is 10.4. The summed E-state index contributed by atoms with van der Waals surface area (Å²) in [5.41, 5.74) is 0.255. The molecule has 0 bridgehead atoms. The van der Waals surface area contributed by atoms with Crippen LogP contribution in [0.2, 0.25) is 0 Å². The Morgan fingerprint density at radius 2 is 2.12 bits per heavy atom. The summed E-state index contributed by atoms with van der Waals surface area (Å²) in [4.78, 5) is 16.8. The smallest absolute Gasteiger partial charge is 0.333 e. The molecular formula is C10H11N5O2. The maximum absolute atomic E-state index is 10.8. The highest BCUT2D eigenvalue weighted by atomic mass is 16.6. The quantitative estimate of drug-likeness (QED) is 0.576. The second kappa shape index (κ2) is 3.69. The molecule has 0 spiro atoms. The molecule has 0 aromatic carbocycles. The number of nitrogens with zero attached hydrogens (tertiary/aromatic N) is 5. The second-order valence-corrected chi connectivity index (χ2v) is 4.03. The fraction of sp³-hybridized carbons (Fsp3) is 0.400. The lowest BCUT2D eigenvalue weighted by Crippen LogP contribution is -2.19. The van der Waals surface area contributed by atoms with Gasteiger partial charge in [-0.25, -0.2) is 9.50 Å². The number of nitro groups is 1. The third-order valence-electron chi connectivity index (χ3n) is 2.96. The molecule has 7 nitrogen and oxygen atoms in total. The van der Waals surface area contributed by atoms with Crippen molar-refractivity contribution in [3.05, 3.63) is 28.6 Å². The number of fused-ring (bicyclic) bond motifs is 1. The van der Waals surface area contributed by atoms with Crippen LogP contribution in [0.3, 0.4) is 0 Å². The first kappa shape index (κ1) is 10.0. The van der Waals surface area contributed by atoms with Crippen LogP contribution in [0.5, 0.6) is 0 Å². The van der Waals surface area contributed by atoms with E-state index in [1.165, 1.54) is 10.7 Å². The summed E-state index contributed by atoms with van der Waals surface area (Å²) in [6.45, 7) is 1.93. The molecule has 3 heterocycles. The average Bonchev–Trinajstić information content (AvgIpc) is 2.97. The summed E-state index contributed by atoms with van der Waals surface area (Å²) in [7, 11) is 0. The van der Waals surface area contributed by atoms with E-state index in [-0.39, 0.29) is 5.69 Å². The van der Waals surface area contributed by atoms with Gasteiger partial charge in [-0.05, 0) is 18.9 Å². The molecule has 7 heteroatoms. The van der Waals surface area contributed by atoms with Gasteiger partial charge in [-0.15, -0.1) is 0 Å². The van der Waals surface area contributed by atoms with Crippen LogP contribution in [0.15, 0.2) is 18.5 Å². The van der Waals surface area contributed by atoms with Crippen LogP contribution >= 0.6 is 0 Å². The molecule has 0 amide bonds. The molecule has 0 atom stereocenters. The SMILES string of the molecule is O=[N+]([O-])c1cnn2ccc(N3CCCC3)nc12. The lowest BCUT2D eigenvalue weighted by molar-refractivity contribution is -0.383. The minimum atomic E-state index is -0.455. The first-order valence-corrected chi connectivity index (χ1v) is 5.49. The number of rotatable bonds is 2. The highest BCUT2D eigenvalue weighted by Crippen LogP contribution is 2.22. The Hall–Kier alpha value is -2.18. The van der Waals surface area contributed by atoms with Gasteiger partial charge in [0, 0.05) is 19.3 Å². The van der Waals surface area contributed by atoms with E-state index >= 15 is 0 Å². The molecule has 3 rings (SSSR count). The first-order chi connectivity index (χ1) is 8.25. The Balaban J connectivity index is 2.09. The number of hydrogen-bond donors (Lipinski definition) is 0. The maximum Gasteiger partial charge on any atom is 0.333 e. The predicted octanol–water partition coefficient (Wildman–Crippen LogP) is 1.24. The summed E-state index contributed by atoms with van der Waals surface area (Å²) < 4.78 is 1.43. The molecule has 2 aromatic heterocycles. The fourth-order valence-electron chi connectivity index (χ4n) is 2.10. The molecule has 0 N–H and O–H groups in total. The molecule has 2 aromatic rings. The highest BCUT2D eigenvalue weighted by Gasteiger charge is 2.19. The van der Waals surface area contributed by atoms with Crippen molar-refractivity contribution in [2.45, 2.75) is 12.8 Å². The normalized spacial score (nSPS) is 15.6. The zero-order valence-electron chi connectivity index (χ0n) is 9.11. The van der Waals surface area contributed by atoms with E-state index in [0.717, 1.165) is 31.7 Å². The third kappa shape index (κ3) is 1.59. The van der Waals surface area contributed by atoms with E-state index in [9.17, 15) is 10.1 Å². The van der Waals surface area contributed by atoms with Crippen molar-refractivity contribution in [2.75, 3.05) is 18.0 Å². The van der Waals surface area contributed by atoms with Crippen molar-refractivity contribution in [2.24, 2.45) is 0 Å². The lowest BCUT2D eigenvalue weighted by Gasteiger charge is -2.15. The van der Waals surface area contributed by atoms with E-state index in [0.29, 0.717) is 5.65 Å². The molecule has 88 valence electrons. The molecule has 17 heavy (non-hydrogen) atoms. The summed E-state index contributed by atoms with van der Waals surface area (Å²) in [6.07, 6.45) is 5.24. The molecule has 0 saturated carbocycles. The van der Waals surface area contributed by atoms with Crippen LogP contribution in [-0.2, 0) is 0 Å². The molecule has 0 radical (unpaired) electrons. The minimum absolute atomic E-state index is 0.0500. The van der Waals surface area contributed by atoms with Crippen molar-refractivity contribution < 1.29 is 4.92 Å². The van der Waals surface area contributed by atoms with E-state index in [2.05, 4.69) is 15.0 Å². The van der Waals surface area contributed by atoms with Gasteiger partial charge < -0.3 is 4.90 Å². The highest BCUT2D eigenvalue weighted by molar-refractivity contribution is 5.61. The summed E-state index contributed by atoms with van der Waals surface area (Å²) in [6, 6.07) is 1.84. The van der Waals surface area contributed by atoms with Gasteiger partial charge in [0.1, 0.15) is 12.0 Å². The van der Waals surface area contributed by atoms with E-state index in [1.54, 1.807) is 6.20 Å². The summed E-state index contributed by atoms with van der Waals surface area (Å²) in [5, 5.41) is 14.7. The zero-order chi connectivity index (χ0) is 11.8. The van der Waals surface area contributed by atoms with Gasteiger partial charge in [-0.3, -0.25) is 10.1 Å². The van der Waals surface area contributed by atoms with E-state index in [4.69, 9.17) is 0 Å². The van der Waals surface area contributed by atoms with Gasteiger partial charge >= 0.3 is 5.69 Å². The Morgan fingerprint density at radius 1 is 1.35 bits per heavy atom. The zero-order valence-corrected chi connectivity index (χ0v) is 9.11. The fourth-order valence-corrected chi connectivity index (χ4v) is 2.10. The monoisotopic (exact) mass is 233 g/mol. The molecule has 1 fully saturated rings. The van der Waals surface area contributed by atoms with Crippen LogP contribution in [0, 0.1) is 10.1 Å². The largest absolute Gasteiger partial charge is 0.356 e. The van der Waals surface area contributed by atoms with Gasteiger partial charge in [0.05, 0.1) is 4.92 Å². The van der Waals surface area contributed by atoms with Crippen molar-refractivity contribution in [3.8, 4) is 0 Å². The van der Waals surface area contributed by atoms with Gasteiger partial charge in [-0.1, -0.05) is 0 Å². The predicted molar refractivity (Wildman–Crippen MR) is 61.1 cm³/mol. The van der Waals surface area contributed by atoms with Crippen LogP contribution in [-0.4, -0.2) is 32.6 Å². The summed E-state index contributed by atoms with van der Waals surface area (Å²) in [5.74, 6) is 0.790. The van der Waals surface area contributed by atoms with Crippen molar-refractivity contribution in [1.82, 2.24) is 14.6 Å². The third-order valence-corrected chi connectivity index (χ3v) is 2.96. The molecule has 1 aliphatic rings. The van der Waals surface area contributed by atoms with Gasteiger partial charge in [0.25, 0.3) is 0 Å². The maximum atomic E-state index is 10.8. The van der Waals surface area contributed by atoms with Crippen LogP contribution in [0.1, 0.15) is 12.8 Å². The van der Waals surface area contributed by atoms with Gasteiger partial charge in [0.15, 0.2) is 0 Å². The van der Waals surface area contributed by atoms with E-state index < -0.39 is 4.92 Å². The molecule has 0 aliphatic carbocycles. The minimum Gasteiger partial charge on any atom is -0.356 e. The second-order valence-electron chi connectivity index (χ2n) is 4.03. The van der Waals surface area contributed by atoms with Crippen LogP contribution in [0.4, 0.5) is 11.5 Å². The Morgan fingerprint density at radius 3 is 2.82 bits per heavy atom.